The monoisotopic (exact) mass is 218 g/mol. The number of carboxylic acid groups (broad SMARTS) is 1. The number of nitrogens with one attached hydrogen (secondary N) is 1. The number of pyridine rings is 1. The molecule has 2 aromatic rings. The molecule has 0 aliphatic rings. The summed E-state index contributed by atoms with van der Waals surface area (Å²) in [7, 11) is 0. The molecule has 5 nitrogen and oxygen atoms in total. The fourth-order valence-corrected chi connectivity index (χ4v) is 1.48. The number of nitrogens with zero attached hydrogens (tertiary/aromatic N) is 1. The summed E-state index contributed by atoms with van der Waals surface area (Å²) in [6, 6.07) is 1.85. The van der Waals surface area contributed by atoms with Crippen LogP contribution < -0.4 is 0 Å². The number of carbonyl (C=O) groups excluding carboxylic acids is 1. The van der Waals surface area contributed by atoms with Crippen LogP contribution in [0.4, 0.5) is 0 Å². The van der Waals surface area contributed by atoms with E-state index in [0.29, 0.717) is 6.42 Å². The molecular weight excluding hydrogens is 208 g/mol. The second-order valence-electron chi connectivity index (χ2n) is 3.49. The average molecular weight is 218 g/mol. The van der Waals surface area contributed by atoms with Crippen molar-refractivity contribution in [2.75, 3.05) is 0 Å². The van der Waals surface area contributed by atoms with Gasteiger partial charge in [0.05, 0.1) is 0 Å². The quantitative estimate of drug-likeness (QED) is 0.754. The van der Waals surface area contributed by atoms with Crippen molar-refractivity contribution in [2.45, 2.75) is 12.8 Å². The highest BCUT2D eigenvalue weighted by molar-refractivity contribution is 6.32. The SMILES string of the molecule is O=C(O)C(=O)CCc1cc2c[nH]cc2cn1. The number of aryl methyl sites for hydroxylation is 1. The fourth-order valence-electron chi connectivity index (χ4n) is 1.48. The molecular formula is C11H10N2O3. The summed E-state index contributed by atoms with van der Waals surface area (Å²) in [5, 5.41) is 10.4. The van der Waals surface area contributed by atoms with Crippen molar-refractivity contribution < 1.29 is 14.7 Å². The lowest BCUT2D eigenvalue weighted by atomic mass is 10.1. The number of rotatable bonds is 4. The minimum absolute atomic E-state index is 0.0156. The normalized spacial score (nSPS) is 10.5. The number of carbonyl (C=O) groups is 2. The number of aromatic amines is 1. The molecule has 0 spiro atoms. The summed E-state index contributed by atoms with van der Waals surface area (Å²) in [5.74, 6) is -2.17. The predicted molar refractivity (Wildman–Crippen MR) is 57.1 cm³/mol. The van der Waals surface area contributed by atoms with Gasteiger partial charge < -0.3 is 10.1 Å². The Kier molecular flexibility index (Phi) is 2.68. The number of Topliss-reactive ketones (excluding diaryl/α,β-unsaturated/α-hetero) is 1. The van der Waals surface area contributed by atoms with Gasteiger partial charge in [-0.1, -0.05) is 0 Å². The van der Waals surface area contributed by atoms with Gasteiger partial charge in [-0.25, -0.2) is 4.79 Å². The predicted octanol–water partition coefficient (Wildman–Crippen LogP) is 1.15. The number of aliphatic carboxylic acids is 1. The van der Waals surface area contributed by atoms with Crippen LogP contribution in [-0.2, 0) is 16.0 Å². The average Bonchev–Trinajstić information content (AvgIpc) is 2.72. The Morgan fingerprint density at radius 1 is 1.31 bits per heavy atom. The van der Waals surface area contributed by atoms with Crippen LogP contribution in [-0.4, -0.2) is 26.8 Å². The van der Waals surface area contributed by atoms with Crippen LogP contribution in [0.5, 0.6) is 0 Å². The Hall–Kier alpha value is -2.17. The van der Waals surface area contributed by atoms with E-state index in [9.17, 15) is 9.59 Å². The minimum Gasteiger partial charge on any atom is -0.476 e. The number of aromatic nitrogens is 2. The van der Waals surface area contributed by atoms with Gasteiger partial charge >= 0.3 is 5.97 Å². The lowest BCUT2D eigenvalue weighted by Gasteiger charge is -1.98. The second-order valence-corrected chi connectivity index (χ2v) is 3.49. The van der Waals surface area contributed by atoms with Crippen LogP contribution in [0, 0.1) is 0 Å². The zero-order valence-electron chi connectivity index (χ0n) is 8.43. The molecule has 0 atom stereocenters. The summed E-state index contributed by atoms with van der Waals surface area (Å²) in [6.45, 7) is 0. The van der Waals surface area contributed by atoms with Crippen LogP contribution in [0.2, 0.25) is 0 Å². The van der Waals surface area contributed by atoms with E-state index >= 15 is 0 Å². The van der Waals surface area contributed by atoms with E-state index < -0.39 is 11.8 Å². The summed E-state index contributed by atoms with van der Waals surface area (Å²) < 4.78 is 0. The van der Waals surface area contributed by atoms with Crippen LogP contribution in [0.3, 0.4) is 0 Å². The van der Waals surface area contributed by atoms with Gasteiger partial charge in [0.25, 0.3) is 0 Å². The van der Waals surface area contributed by atoms with Crippen molar-refractivity contribution in [1.82, 2.24) is 9.97 Å². The second kappa shape index (κ2) is 4.14. The van der Waals surface area contributed by atoms with Crippen molar-refractivity contribution in [3.63, 3.8) is 0 Å². The summed E-state index contributed by atoms with van der Waals surface area (Å²) in [5.41, 5.74) is 0.724. The molecule has 0 unspecified atom stereocenters. The van der Waals surface area contributed by atoms with E-state index in [1.54, 1.807) is 6.20 Å². The van der Waals surface area contributed by atoms with Crippen LogP contribution in [0.25, 0.3) is 10.8 Å². The first kappa shape index (κ1) is 10.4. The Labute approximate surface area is 91.1 Å². The molecule has 0 fully saturated rings. The molecule has 0 saturated heterocycles. The molecule has 0 amide bonds. The molecule has 0 aromatic carbocycles. The summed E-state index contributed by atoms with van der Waals surface area (Å²) in [6.07, 6.45) is 5.70. The van der Waals surface area contributed by atoms with E-state index in [2.05, 4.69) is 9.97 Å². The van der Waals surface area contributed by atoms with E-state index in [-0.39, 0.29) is 6.42 Å². The van der Waals surface area contributed by atoms with Gasteiger partial charge in [-0.2, -0.15) is 0 Å². The van der Waals surface area contributed by atoms with Crippen molar-refractivity contribution in [3.8, 4) is 0 Å². The van der Waals surface area contributed by atoms with Crippen molar-refractivity contribution >= 4 is 22.5 Å². The van der Waals surface area contributed by atoms with Crippen molar-refractivity contribution in [2.24, 2.45) is 0 Å². The highest BCUT2D eigenvalue weighted by Crippen LogP contribution is 2.13. The van der Waals surface area contributed by atoms with E-state index in [1.807, 2.05) is 18.5 Å². The highest BCUT2D eigenvalue weighted by Gasteiger charge is 2.11. The van der Waals surface area contributed by atoms with Gasteiger partial charge in [-0.05, 0) is 12.5 Å². The van der Waals surface area contributed by atoms with Crippen LogP contribution in [0.1, 0.15) is 12.1 Å². The molecule has 0 saturated carbocycles. The maximum Gasteiger partial charge on any atom is 0.372 e. The smallest absolute Gasteiger partial charge is 0.372 e. The number of carboxylic acids is 1. The third-order valence-electron chi connectivity index (χ3n) is 2.35. The third kappa shape index (κ3) is 2.08. The molecule has 0 radical (unpaired) electrons. The molecule has 82 valence electrons. The molecule has 0 bridgehead atoms. The molecule has 0 aliphatic heterocycles. The zero-order chi connectivity index (χ0) is 11.5. The van der Waals surface area contributed by atoms with Gasteiger partial charge in [0.2, 0.25) is 5.78 Å². The molecule has 5 heteroatoms. The Bertz CT molecular complexity index is 545. The Morgan fingerprint density at radius 3 is 2.81 bits per heavy atom. The van der Waals surface area contributed by atoms with Gasteiger partial charge in [-0.15, -0.1) is 0 Å². The number of ketones is 1. The van der Waals surface area contributed by atoms with E-state index in [1.165, 1.54) is 0 Å². The first-order chi connectivity index (χ1) is 7.66. The molecule has 2 heterocycles. The minimum atomic E-state index is -1.39. The maximum atomic E-state index is 10.9. The number of hydrogen-bond acceptors (Lipinski definition) is 3. The van der Waals surface area contributed by atoms with Crippen molar-refractivity contribution in [3.05, 3.63) is 30.4 Å². The largest absolute Gasteiger partial charge is 0.476 e. The number of fused-ring (bicyclic) bond motifs is 1. The summed E-state index contributed by atoms with van der Waals surface area (Å²) in [4.78, 5) is 28.3. The number of hydrogen-bond donors (Lipinski definition) is 2. The maximum absolute atomic E-state index is 10.9. The molecule has 2 aromatic heterocycles. The number of H-pyrrole nitrogens is 1. The Morgan fingerprint density at radius 2 is 2.06 bits per heavy atom. The first-order valence-corrected chi connectivity index (χ1v) is 4.84. The van der Waals surface area contributed by atoms with Gasteiger partial charge in [0.1, 0.15) is 0 Å². The zero-order valence-corrected chi connectivity index (χ0v) is 8.43. The fraction of sp³-hybridized carbons (Fsp3) is 0.182. The summed E-state index contributed by atoms with van der Waals surface area (Å²) >= 11 is 0. The Balaban J connectivity index is 2.09. The lowest BCUT2D eigenvalue weighted by Crippen LogP contribution is -2.13. The van der Waals surface area contributed by atoms with Crippen LogP contribution >= 0.6 is 0 Å². The standard InChI is InChI=1S/C11H10N2O3/c14-10(11(15)16)2-1-9-3-7-4-12-5-8(7)6-13-9/h3-6,12H,1-2H2,(H,15,16). The van der Waals surface area contributed by atoms with E-state index in [0.717, 1.165) is 16.5 Å². The molecule has 16 heavy (non-hydrogen) atoms. The third-order valence-corrected chi connectivity index (χ3v) is 2.35. The van der Waals surface area contributed by atoms with Crippen molar-refractivity contribution in [1.29, 1.82) is 0 Å². The molecule has 0 aliphatic carbocycles. The van der Waals surface area contributed by atoms with Gasteiger partial charge in [0, 0.05) is 41.5 Å². The lowest BCUT2D eigenvalue weighted by molar-refractivity contribution is -0.149. The van der Waals surface area contributed by atoms with Gasteiger partial charge in [-0.3, -0.25) is 9.78 Å². The van der Waals surface area contributed by atoms with Crippen LogP contribution in [0.15, 0.2) is 24.7 Å². The van der Waals surface area contributed by atoms with Gasteiger partial charge in [0.15, 0.2) is 0 Å². The first-order valence-electron chi connectivity index (χ1n) is 4.84. The molecule has 2 rings (SSSR count). The topological polar surface area (TPSA) is 83.0 Å². The van der Waals surface area contributed by atoms with E-state index in [4.69, 9.17) is 5.11 Å². The molecule has 2 N–H and O–H groups in total. The highest BCUT2D eigenvalue weighted by atomic mass is 16.4.